The van der Waals surface area contributed by atoms with Crippen LogP contribution in [0, 0.1) is 11.3 Å². The summed E-state index contributed by atoms with van der Waals surface area (Å²) in [6, 6.07) is 12.1. The molecule has 0 saturated carbocycles. The number of para-hydroxylation sites is 1. The van der Waals surface area contributed by atoms with E-state index in [9.17, 15) is 17.2 Å². The fourth-order valence-corrected chi connectivity index (χ4v) is 4.18. The van der Waals surface area contributed by atoms with Crippen molar-refractivity contribution < 1.29 is 21.9 Å². The number of fused-ring (bicyclic) bond motifs is 1. The monoisotopic (exact) mass is 379 g/mol. The number of sulfonamides is 1. The first-order chi connectivity index (χ1) is 12.4. The van der Waals surface area contributed by atoms with Crippen molar-refractivity contribution in [3.63, 3.8) is 0 Å². The number of ether oxygens (including phenoxy) is 1. The van der Waals surface area contributed by atoms with Crippen LogP contribution in [0.1, 0.15) is 11.1 Å². The van der Waals surface area contributed by atoms with Gasteiger partial charge in [0.2, 0.25) is 10.0 Å². The number of nitrogens with one attached hydrogen (secondary N) is 2. The van der Waals surface area contributed by atoms with Gasteiger partial charge >= 0.3 is 6.61 Å². The highest BCUT2D eigenvalue weighted by Gasteiger charge is 2.27. The van der Waals surface area contributed by atoms with Gasteiger partial charge in [-0.2, -0.15) is 14.0 Å². The molecule has 0 radical (unpaired) electrons. The van der Waals surface area contributed by atoms with Crippen LogP contribution < -0.4 is 14.8 Å². The maximum atomic E-state index is 12.7. The van der Waals surface area contributed by atoms with Gasteiger partial charge in [-0.15, -0.1) is 0 Å². The van der Waals surface area contributed by atoms with E-state index in [0.717, 1.165) is 23.4 Å². The van der Waals surface area contributed by atoms with Crippen LogP contribution in [0.15, 0.2) is 47.4 Å². The molecule has 0 fully saturated rings. The summed E-state index contributed by atoms with van der Waals surface area (Å²) in [5.74, 6) is -0.504. The van der Waals surface area contributed by atoms with E-state index in [1.807, 2.05) is 24.3 Å². The molecule has 0 bridgehead atoms. The largest absolute Gasteiger partial charge is 0.433 e. The Bertz CT molecular complexity index is 958. The Hall–Kier alpha value is -2.70. The van der Waals surface area contributed by atoms with Gasteiger partial charge in [0.15, 0.2) is 0 Å². The minimum absolute atomic E-state index is 0.0270. The van der Waals surface area contributed by atoms with Gasteiger partial charge in [0, 0.05) is 18.3 Å². The van der Waals surface area contributed by atoms with Crippen LogP contribution >= 0.6 is 0 Å². The summed E-state index contributed by atoms with van der Waals surface area (Å²) in [6.07, 6.45) is 0.450. The van der Waals surface area contributed by atoms with Crippen LogP contribution in [0.5, 0.6) is 5.75 Å². The number of hydrogen-bond acceptors (Lipinski definition) is 5. The van der Waals surface area contributed by atoms with Crippen molar-refractivity contribution in [2.75, 3.05) is 11.9 Å². The van der Waals surface area contributed by atoms with Gasteiger partial charge in [0.1, 0.15) is 10.6 Å². The Kier molecular flexibility index (Phi) is 5.06. The predicted octanol–water partition coefficient (Wildman–Crippen LogP) is 2.47. The third-order valence-corrected chi connectivity index (χ3v) is 5.46. The van der Waals surface area contributed by atoms with E-state index in [0.29, 0.717) is 13.0 Å². The first kappa shape index (κ1) is 18.1. The van der Waals surface area contributed by atoms with Crippen molar-refractivity contribution in [1.82, 2.24) is 4.72 Å². The molecule has 1 heterocycles. The lowest BCUT2D eigenvalue weighted by molar-refractivity contribution is -0.0517. The summed E-state index contributed by atoms with van der Waals surface area (Å²) in [4.78, 5) is -0.490. The second kappa shape index (κ2) is 7.27. The van der Waals surface area contributed by atoms with Gasteiger partial charge in [-0.25, -0.2) is 13.1 Å². The summed E-state index contributed by atoms with van der Waals surface area (Å²) in [5.41, 5.74) is 1.90. The molecule has 0 saturated heterocycles. The smallest absolute Gasteiger partial charge is 0.387 e. The van der Waals surface area contributed by atoms with Crippen molar-refractivity contribution >= 4 is 15.7 Å². The maximum Gasteiger partial charge on any atom is 0.387 e. The number of anilines is 1. The summed E-state index contributed by atoms with van der Waals surface area (Å²) in [7, 11) is -4.17. The summed E-state index contributed by atoms with van der Waals surface area (Å²) in [6.45, 7) is -2.83. The Balaban J connectivity index is 1.88. The fourth-order valence-electron chi connectivity index (χ4n) is 2.79. The number of rotatable bonds is 5. The normalized spacial score (nSPS) is 16.5. The number of nitriles is 1. The third kappa shape index (κ3) is 3.92. The minimum atomic E-state index is -4.17. The molecule has 6 nitrogen and oxygen atoms in total. The molecule has 1 unspecified atom stereocenters. The highest BCUT2D eigenvalue weighted by atomic mass is 32.2. The number of benzene rings is 2. The standard InChI is InChI=1S/C17H15F2N3O3S/c18-17(19)25-15-6-5-11(9-20)7-16(15)26(23,24)22-13-8-12-3-1-2-4-14(12)21-10-13/h1-7,13,17,21-22H,8,10H2. The van der Waals surface area contributed by atoms with Crippen LogP contribution in [0.2, 0.25) is 0 Å². The number of nitrogens with zero attached hydrogens (tertiary/aromatic N) is 1. The molecule has 0 spiro atoms. The third-order valence-electron chi connectivity index (χ3n) is 3.92. The molecule has 1 aliphatic rings. The lowest BCUT2D eigenvalue weighted by Gasteiger charge is -2.27. The predicted molar refractivity (Wildman–Crippen MR) is 90.5 cm³/mol. The average Bonchev–Trinajstić information content (AvgIpc) is 2.61. The summed E-state index contributed by atoms with van der Waals surface area (Å²) in [5, 5.41) is 12.1. The number of halogens is 2. The van der Waals surface area contributed by atoms with Crippen LogP contribution in [0.3, 0.4) is 0 Å². The topological polar surface area (TPSA) is 91.2 Å². The zero-order chi connectivity index (χ0) is 18.7. The molecular formula is C17H15F2N3O3S. The van der Waals surface area contributed by atoms with Gasteiger partial charge in [-0.3, -0.25) is 0 Å². The van der Waals surface area contributed by atoms with E-state index in [-0.39, 0.29) is 5.56 Å². The number of hydrogen-bond donors (Lipinski definition) is 2. The van der Waals surface area contributed by atoms with Crippen molar-refractivity contribution in [2.45, 2.75) is 24.0 Å². The molecule has 2 N–H and O–H groups in total. The molecule has 0 aliphatic carbocycles. The molecule has 2 aromatic carbocycles. The van der Waals surface area contributed by atoms with Crippen LogP contribution in [-0.2, 0) is 16.4 Å². The van der Waals surface area contributed by atoms with Gasteiger partial charge in [-0.05, 0) is 36.2 Å². The minimum Gasteiger partial charge on any atom is -0.433 e. The van der Waals surface area contributed by atoms with Gasteiger partial charge in [-0.1, -0.05) is 18.2 Å². The second-order valence-corrected chi connectivity index (χ2v) is 7.39. The van der Waals surface area contributed by atoms with Crippen molar-refractivity contribution in [3.8, 4) is 11.8 Å². The molecule has 136 valence electrons. The highest BCUT2D eigenvalue weighted by molar-refractivity contribution is 7.89. The maximum absolute atomic E-state index is 12.7. The Morgan fingerprint density at radius 3 is 2.77 bits per heavy atom. The first-order valence-electron chi connectivity index (χ1n) is 7.72. The molecule has 2 aromatic rings. The average molecular weight is 379 g/mol. The van der Waals surface area contributed by atoms with Crippen LogP contribution in [0.25, 0.3) is 0 Å². The zero-order valence-electron chi connectivity index (χ0n) is 13.4. The molecule has 9 heteroatoms. The van der Waals surface area contributed by atoms with E-state index in [4.69, 9.17) is 5.26 Å². The Morgan fingerprint density at radius 1 is 1.27 bits per heavy atom. The molecule has 0 amide bonds. The van der Waals surface area contributed by atoms with Crippen molar-refractivity contribution in [3.05, 3.63) is 53.6 Å². The quantitative estimate of drug-likeness (QED) is 0.833. The van der Waals surface area contributed by atoms with Crippen LogP contribution in [0.4, 0.5) is 14.5 Å². The molecular weight excluding hydrogens is 364 g/mol. The van der Waals surface area contributed by atoms with Crippen molar-refractivity contribution in [2.24, 2.45) is 0 Å². The van der Waals surface area contributed by atoms with E-state index in [1.165, 1.54) is 6.07 Å². The SMILES string of the molecule is N#Cc1ccc(OC(F)F)c(S(=O)(=O)NC2CNc3ccccc3C2)c1. The van der Waals surface area contributed by atoms with E-state index in [1.54, 1.807) is 6.07 Å². The first-order valence-corrected chi connectivity index (χ1v) is 9.20. The van der Waals surface area contributed by atoms with E-state index < -0.39 is 33.3 Å². The van der Waals surface area contributed by atoms with Gasteiger partial charge < -0.3 is 10.1 Å². The lowest BCUT2D eigenvalue weighted by Crippen LogP contribution is -2.43. The summed E-state index contributed by atoms with van der Waals surface area (Å²) >= 11 is 0. The van der Waals surface area contributed by atoms with E-state index in [2.05, 4.69) is 14.8 Å². The highest BCUT2D eigenvalue weighted by Crippen LogP contribution is 2.28. The van der Waals surface area contributed by atoms with Crippen LogP contribution in [-0.4, -0.2) is 27.6 Å². The summed E-state index contributed by atoms with van der Waals surface area (Å²) < 4.78 is 57.4. The molecule has 1 aliphatic heterocycles. The zero-order valence-corrected chi connectivity index (χ0v) is 14.3. The molecule has 0 aromatic heterocycles. The lowest BCUT2D eigenvalue weighted by atomic mass is 10.0. The molecule has 3 rings (SSSR count). The Labute approximate surface area is 149 Å². The van der Waals surface area contributed by atoms with Gasteiger partial charge in [0.25, 0.3) is 0 Å². The fraction of sp³-hybridized carbons (Fsp3) is 0.235. The van der Waals surface area contributed by atoms with Crippen molar-refractivity contribution in [1.29, 1.82) is 5.26 Å². The molecule has 1 atom stereocenters. The van der Waals surface area contributed by atoms with E-state index >= 15 is 0 Å². The molecule has 26 heavy (non-hydrogen) atoms. The second-order valence-electron chi connectivity index (χ2n) is 5.71. The van der Waals surface area contributed by atoms with Gasteiger partial charge in [0.05, 0.1) is 11.6 Å². The Morgan fingerprint density at radius 2 is 2.04 bits per heavy atom. The number of alkyl halides is 2.